The number of para-hydroxylation sites is 1. The number of aryl methyl sites for hydroxylation is 1. The number of carbonyl (C=O) groups excluding carboxylic acids is 1. The molecule has 86 valence electrons. The van der Waals surface area contributed by atoms with Crippen molar-refractivity contribution in [2.75, 3.05) is 16.8 Å². The summed E-state index contributed by atoms with van der Waals surface area (Å²) in [6.45, 7) is 2.59. The molecule has 0 radical (unpaired) electrons. The monoisotopic (exact) mass is 283 g/mol. The smallest absolute Gasteiger partial charge is 0.227 e. The van der Waals surface area contributed by atoms with Crippen LogP contribution in [0, 0.1) is 12.8 Å². The molecular weight excluding hydrogens is 270 g/mol. The second kappa shape index (κ2) is 4.45. The van der Waals surface area contributed by atoms with Crippen molar-refractivity contribution in [3.63, 3.8) is 0 Å². The Hall–Kier alpha value is -1.03. The summed E-state index contributed by atoms with van der Waals surface area (Å²) in [5.74, 6) is 0.615. The second-order valence-electron chi connectivity index (χ2n) is 4.17. The van der Waals surface area contributed by atoms with E-state index in [0.29, 0.717) is 24.6 Å². The van der Waals surface area contributed by atoms with E-state index in [4.69, 9.17) is 0 Å². The number of nitrogens with zero attached hydrogens (tertiary/aromatic N) is 1. The van der Waals surface area contributed by atoms with Gasteiger partial charge in [0.05, 0.1) is 5.69 Å². The lowest BCUT2D eigenvalue weighted by Gasteiger charge is -2.20. The summed E-state index contributed by atoms with van der Waals surface area (Å²) in [7, 11) is 0. The zero-order valence-corrected chi connectivity index (χ0v) is 10.7. The van der Waals surface area contributed by atoms with Crippen molar-refractivity contribution in [1.82, 2.24) is 0 Å². The van der Waals surface area contributed by atoms with E-state index in [0.717, 1.165) is 10.9 Å². The van der Waals surface area contributed by atoms with Crippen LogP contribution in [0.4, 0.5) is 5.69 Å². The molecule has 1 saturated heterocycles. The highest BCUT2D eigenvalue weighted by Crippen LogP contribution is 2.35. The Morgan fingerprint density at radius 3 is 2.88 bits per heavy atom. The van der Waals surface area contributed by atoms with Crippen molar-refractivity contribution >= 4 is 27.5 Å². The van der Waals surface area contributed by atoms with Crippen LogP contribution in [0.1, 0.15) is 12.0 Å². The van der Waals surface area contributed by atoms with Gasteiger partial charge < -0.3 is 10.0 Å². The molecule has 1 aromatic rings. The molecule has 1 amide bonds. The van der Waals surface area contributed by atoms with Gasteiger partial charge in [-0.2, -0.15) is 0 Å². The largest absolute Gasteiger partial charge is 0.506 e. The number of carbonyl (C=O) groups is 1. The second-order valence-corrected chi connectivity index (χ2v) is 4.82. The molecule has 1 aromatic carbocycles. The SMILES string of the molecule is Cc1cccc(O)c1N1CC(CBr)CC1=O. The molecule has 1 atom stereocenters. The van der Waals surface area contributed by atoms with E-state index in [1.165, 1.54) is 0 Å². The number of aromatic hydroxyl groups is 1. The van der Waals surface area contributed by atoms with Gasteiger partial charge in [-0.05, 0) is 24.5 Å². The molecule has 1 aliphatic heterocycles. The molecule has 1 N–H and O–H groups in total. The van der Waals surface area contributed by atoms with Crippen LogP contribution in [0.3, 0.4) is 0 Å². The molecule has 2 rings (SSSR count). The number of hydrogen-bond donors (Lipinski definition) is 1. The van der Waals surface area contributed by atoms with Gasteiger partial charge in [0.2, 0.25) is 5.91 Å². The maximum Gasteiger partial charge on any atom is 0.227 e. The van der Waals surface area contributed by atoms with Crippen LogP contribution in [-0.2, 0) is 4.79 Å². The Labute approximate surface area is 103 Å². The minimum absolute atomic E-state index is 0.0917. The third-order valence-electron chi connectivity index (χ3n) is 2.91. The van der Waals surface area contributed by atoms with Crippen LogP contribution < -0.4 is 4.90 Å². The van der Waals surface area contributed by atoms with Gasteiger partial charge in [-0.25, -0.2) is 0 Å². The highest BCUT2D eigenvalue weighted by Gasteiger charge is 2.31. The number of phenolic OH excluding ortho intramolecular Hbond substituents is 1. The molecule has 4 heteroatoms. The lowest BCUT2D eigenvalue weighted by Crippen LogP contribution is -2.25. The average molecular weight is 284 g/mol. The van der Waals surface area contributed by atoms with E-state index in [1.807, 2.05) is 13.0 Å². The molecule has 16 heavy (non-hydrogen) atoms. The van der Waals surface area contributed by atoms with Crippen molar-refractivity contribution < 1.29 is 9.90 Å². The first-order chi connectivity index (χ1) is 7.63. The molecule has 1 unspecified atom stereocenters. The van der Waals surface area contributed by atoms with Crippen LogP contribution in [0.2, 0.25) is 0 Å². The van der Waals surface area contributed by atoms with E-state index in [2.05, 4.69) is 15.9 Å². The minimum atomic E-state index is 0.0917. The molecule has 0 aromatic heterocycles. The van der Waals surface area contributed by atoms with Gasteiger partial charge in [-0.3, -0.25) is 4.79 Å². The fraction of sp³-hybridized carbons (Fsp3) is 0.417. The summed E-state index contributed by atoms with van der Waals surface area (Å²) in [4.78, 5) is 13.5. The molecule has 0 aliphatic carbocycles. The predicted octanol–water partition coefficient (Wildman–Crippen LogP) is 2.45. The molecule has 3 nitrogen and oxygen atoms in total. The molecule has 0 saturated carbocycles. The zero-order valence-electron chi connectivity index (χ0n) is 9.11. The summed E-state index contributed by atoms with van der Waals surface area (Å²) in [5, 5.41) is 10.6. The molecule has 1 heterocycles. The normalized spacial score (nSPS) is 20.5. The van der Waals surface area contributed by atoms with Crippen LogP contribution in [0.5, 0.6) is 5.75 Å². The number of phenols is 1. The number of hydrogen-bond acceptors (Lipinski definition) is 2. The Balaban J connectivity index is 2.35. The van der Waals surface area contributed by atoms with Crippen molar-refractivity contribution in [1.29, 1.82) is 0 Å². The highest BCUT2D eigenvalue weighted by molar-refractivity contribution is 9.09. The van der Waals surface area contributed by atoms with E-state index in [9.17, 15) is 9.90 Å². The van der Waals surface area contributed by atoms with E-state index in [-0.39, 0.29) is 11.7 Å². The van der Waals surface area contributed by atoms with Crippen molar-refractivity contribution in [3.8, 4) is 5.75 Å². The Kier molecular flexibility index (Phi) is 3.19. The number of anilines is 1. The van der Waals surface area contributed by atoms with Gasteiger partial charge in [0.1, 0.15) is 5.75 Å². The quantitative estimate of drug-likeness (QED) is 0.847. The molecule has 1 fully saturated rings. The summed E-state index contributed by atoms with van der Waals surface area (Å²) in [6.07, 6.45) is 0.555. The predicted molar refractivity (Wildman–Crippen MR) is 67.1 cm³/mol. The van der Waals surface area contributed by atoms with Crippen LogP contribution in [0.15, 0.2) is 18.2 Å². The summed E-state index contributed by atoms with van der Waals surface area (Å²) >= 11 is 3.40. The van der Waals surface area contributed by atoms with Gasteiger partial charge in [0, 0.05) is 18.3 Å². The van der Waals surface area contributed by atoms with E-state index < -0.39 is 0 Å². The van der Waals surface area contributed by atoms with Gasteiger partial charge in [-0.1, -0.05) is 28.1 Å². The first-order valence-electron chi connectivity index (χ1n) is 5.28. The maximum atomic E-state index is 11.8. The molecule has 1 aliphatic rings. The number of amides is 1. The van der Waals surface area contributed by atoms with E-state index in [1.54, 1.807) is 17.0 Å². The number of rotatable bonds is 2. The first-order valence-corrected chi connectivity index (χ1v) is 6.40. The third-order valence-corrected chi connectivity index (χ3v) is 3.83. The van der Waals surface area contributed by atoms with Crippen LogP contribution in [0.25, 0.3) is 0 Å². The minimum Gasteiger partial charge on any atom is -0.506 e. The van der Waals surface area contributed by atoms with Gasteiger partial charge in [0.25, 0.3) is 0 Å². The fourth-order valence-electron chi connectivity index (χ4n) is 2.10. The first kappa shape index (κ1) is 11.5. The number of benzene rings is 1. The summed E-state index contributed by atoms with van der Waals surface area (Å²) in [5.41, 5.74) is 1.60. The lowest BCUT2D eigenvalue weighted by atomic mass is 10.1. The third kappa shape index (κ3) is 1.94. The highest BCUT2D eigenvalue weighted by atomic mass is 79.9. The number of halogens is 1. The fourth-order valence-corrected chi connectivity index (χ4v) is 2.53. The Bertz CT molecular complexity index is 399. The van der Waals surface area contributed by atoms with E-state index >= 15 is 0 Å². The lowest BCUT2D eigenvalue weighted by molar-refractivity contribution is -0.117. The van der Waals surface area contributed by atoms with Crippen molar-refractivity contribution in [2.45, 2.75) is 13.3 Å². The maximum absolute atomic E-state index is 11.8. The molecular formula is C12H14BrNO2. The summed E-state index contributed by atoms with van der Waals surface area (Å²) < 4.78 is 0. The van der Waals surface area contributed by atoms with Crippen molar-refractivity contribution in [3.05, 3.63) is 23.8 Å². The zero-order chi connectivity index (χ0) is 11.7. The Morgan fingerprint density at radius 2 is 2.31 bits per heavy atom. The topological polar surface area (TPSA) is 40.5 Å². The van der Waals surface area contributed by atoms with Gasteiger partial charge >= 0.3 is 0 Å². The average Bonchev–Trinajstić information content (AvgIpc) is 2.60. The standard InChI is InChI=1S/C12H14BrNO2/c1-8-3-2-4-10(15)12(8)14-7-9(6-13)5-11(14)16/h2-4,9,15H,5-7H2,1H3. The van der Waals surface area contributed by atoms with Crippen LogP contribution in [-0.4, -0.2) is 22.9 Å². The van der Waals surface area contributed by atoms with Crippen LogP contribution >= 0.6 is 15.9 Å². The van der Waals surface area contributed by atoms with Gasteiger partial charge in [0.15, 0.2) is 0 Å². The molecule has 0 bridgehead atoms. The van der Waals surface area contributed by atoms with Gasteiger partial charge in [-0.15, -0.1) is 0 Å². The molecule has 0 spiro atoms. The number of alkyl halides is 1. The van der Waals surface area contributed by atoms with Crippen molar-refractivity contribution in [2.24, 2.45) is 5.92 Å². The summed E-state index contributed by atoms with van der Waals surface area (Å²) in [6, 6.07) is 5.32. The Morgan fingerprint density at radius 1 is 1.56 bits per heavy atom.